The number of hydrogen-bond acceptors (Lipinski definition) is 4. The van der Waals surface area contributed by atoms with Gasteiger partial charge in [0.2, 0.25) is 0 Å². The van der Waals surface area contributed by atoms with Crippen LogP contribution in [-0.2, 0) is 21.1 Å². The highest BCUT2D eigenvalue weighted by atomic mass is 35.5. The molecule has 2 saturated heterocycles. The first-order valence-corrected chi connectivity index (χ1v) is 12.1. The molecule has 0 spiro atoms. The van der Waals surface area contributed by atoms with Gasteiger partial charge in [-0.3, -0.25) is 4.79 Å². The molecule has 2 aliphatic rings. The fourth-order valence-electron chi connectivity index (χ4n) is 3.44. The van der Waals surface area contributed by atoms with Gasteiger partial charge in [-0.15, -0.1) is 0 Å². The van der Waals surface area contributed by atoms with E-state index in [0.717, 1.165) is 5.56 Å². The molecule has 2 heterocycles. The van der Waals surface area contributed by atoms with Crippen LogP contribution in [0.25, 0.3) is 0 Å². The van der Waals surface area contributed by atoms with Crippen LogP contribution in [0.15, 0.2) is 53.5 Å². The van der Waals surface area contributed by atoms with Gasteiger partial charge in [0.15, 0.2) is 15.0 Å². The molecule has 4 rings (SSSR count). The molecule has 0 N–H and O–H groups in total. The van der Waals surface area contributed by atoms with Gasteiger partial charge in [0.25, 0.3) is 5.91 Å². The number of carbonyl (C=O) groups is 1. The van der Waals surface area contributed by atoms with Crippen molar-refractivity contribution in [3.05, 3.63) is 64.1 Å². The Morgan fingerprint density at radius 3 is 2.61 bits per heavy atom. The van der Waals surface area contributed by atoms with Crippen molar-refractivity contribution >= 4 is 61.6 Å². The van der Waals surface area contributed by atoms with Crippen molar-refractivity contribution in [3.8, 4) is 0 Å². The minimum Gasteiger partial charge on any atom is -0.314 e. The van der Waals surface area contributed by atoms with Crippen LogP contribution in [0.4, 0.5) is 5.69 Å². The van der Waals surface area contributed by atoms with Gasteiger partial charge in [0.05, 0.1) is 39.7 Å². The first-order chi connectivity index (χ1) is 13.3. The molecular formula is C19H16Cl2N2O3S2. The molecule has 9 heteroatoms. The van der Waals surface area contributed by atoms with E-state index >= 15 is 0 Å². The predicted octanol–water partition coefficient (Wildman–Crippen LogP) is 3.84. The van der Waals surface area contributed by atoms with Crippen LogP contribution >= 0.6 is 35.0 Å². The summed E-state index contributed by atoms with van der Waals surface area (Å²) >= 11 is 13.9. The molecule has 5 nitrogen and oxygen atoms in total. The maximum atomic E-state index is 12.5. The monoisotopic (exact) mass is 454 g/mol. The topological polar surface area (TPSA) is 66.8 Å². The highest BCUT2D eigenvalue weighted by Gasteiger charge is 2.49. The Hall–Kier alpha value is -1.54. The number of fused-ring (bicyclic) bond motifs is 1. The minimum atomic E-state index is -3.15. The highest BCUT2D eigenvalue weighted by Crippen LogP contribution is 2.44. The number of rotatable bonds is 3. The van der Waals surface area contributed by atoms with Gasteiger partial charge >= 0.3 is 0 Å². The lowest BCUT2D eigenvalue weighted by atomic mass is 10.1. The predicted molar refractivity (Wildman–Crippen MR) is 115 cm³/mol. The SMILES string of the molecule is O=C(Cc1ccccc1)N=C1SC2CS(=O)(=O)CC2N1c1cccc(Cl)c1Cl. The number of anilines is 1. The zero-order valence-electron chi connectivity index (χ0n) is 14.6. The summed E-state index contributed by atoms with van der Waals surface area (Å²) in [5.74, 6) is -0.234. The molecule has 2 unspecified atom stereocenters. The Kier molecular flexibility index (Phi) is 5.44. The second-order valence-corrected chi connectivity index (χ2v) is 10.8. The van der Waals surface area contributed by atoms with Crippen LogP contribution in [0.2, 0.25) is 10.0 Å². The molecule has 2 fully saturated rings. The summed E-state index contributed by atoms with van der Waals surface area (Å²) in [6.07, 6.45) is 0.176. The van der Waals surface area contributed by atoms with Crippen LogP contribution in [0.1, 0.15) is 5.56 Å². The second kappa shape index (κ2) is 7.71. The van der Waals surface area contributed by atoms with Crippen molar-refractivity contribution in [2.24, 2.45) is 4.99 Å². The lowest BCUT2D eigenvalue weighted by Gasteiger charge is -2.25. The Morgan fingerprint density at radius 2 is 1.86 bits per heavy atom. The van der Waals surface area contributed by atoms with E-state index in [-0.39, 0.29) is 35.1 Å². The van der Waals surface area contributed by atoms with Gasteiger partial charge in [0.1, 0.15) is 0 Å². The van der Waals surface area contributed by atoms with E-state index in [1.807, 2.05) is 30.3 Å². The normalized spacial score (nSPS) is 24.5. The molecule has 0 saturated carbocycles. The van der Waals surface area contributed by atoms with Crippen molar-refractivity contribution in [1.82, 2.24) is 0 Å². The van der Waals surface area contributed by atoms with E-state index in [1.54, 1.807) is 23.1 Å². The van der Waals surface area contributed by atoms with E-state index in [9.17, 15) is 13.2 Å². The Morgan fingerprint density at radius 1 is 1.11 bits per heavy atom. The van der Waals surface area contributed by atoms with Gasteiger partial charge in [-0.25, -0.2) is 8.42 Å². The van der Waals surface area contributed by atoms with Crippen molar-refractivity contribution in [1.29, 1.82) is 0 Å². The van der Waals surface area contributed by atoms with Crippen LogP contribution in [-0.4, -0.2) is 42.3 Å². The van der Waals surface area contributed by atoms with Gasteiger partial charge < -0.3 is 4.90 Å². The third kappa shape index (κ3) is 3.94. The highest BCUT2D eigenvalue weighted by molar-refractivity contribution is 8.16. The summed E-state index contributed by atoms with van der Waals surface area (Å²) in [7, 11) is -3.15. The number of carbonyl (C=O) groups excluding carboxylic acids is 1. The summed E-state index contributed by atoms with van der Waals surface area (Å²) in [4.78, 5) is 18.6. The first kappa shape index (κ1) is 19.8. The molecular weight excluding hydrogens is 439 g/mol. The number of benzene rings is 2. The van der Waals surface area contributed by atoms with Crippen LogP contribution in [0.3, 0.4) is 0 Å². The third-order valence-corrected chi connectivity index (χ3v) is 8.69. The molecule has 2 atom stereocenters. The molecule has 146 valence electrons. The van der Waals surface area contributed by atoms with Gasteiger partial charge in [-0.1, -0.05) is 71.4 Å². The number of aliphatic imine (C=N–C) groups is 1. The number of nitrogens with zero attached hydrogens (tertiary/aromatic N) is 2. The molecule has 28 heavy (non-hydrogen) atoms. The molecule has 2 aromatic rings. The molecule has 1 amide bonds. The molecule has 0 aliphatic carbocycles. The van der Waals surface area contributed by atoms with Gasteiger partial charge in [0, 0.05) is 5.25 Å². The first-order valence-electron chi connectivity index (χ1n) is 8.60. The smallest absolute Gasteiger partial charge is 0.252 e. The van der Waals surface area contributed by atoms with Crippen LogP contribution in [0, 0.1) is 0 Å². The van der Waals surface area contributed by atoms with Crippen LogP contribution in [0.5, 0.6) is 0 Å². The summed E-state index contributed by atoms with van der Waals surface area (Å²) < 4.78 is 24.3. The van der Waals surface area contributed by atoms with E-state index in [2.05, 4.69) is 4.99 Å². The summed E-state index contributed by atoms with van der Waals surface area (Å²) in [5.41, 5.74) is 1.44. The second-order valence-electron chi connectivity index (χ2n) is 6.69. The average Bonchev–Trinajstić information content (AvgIpc) is 3.09. The zero-order chi connectivity index (χ0) is 19.9. The number of amides is 1. The number of thioether (sulfide) groups is 1. The van der Waals surface area contributed by atoms with E-state index in [0.29, 0.717) is 20.9 Å². The molecule has 0 bridgehead atoms. The Balaban J connectivity index is 1.69. The average molecular weight is 455 g/mol. The quantitative estimate of drug-likeness (QED) is 0.704. The molecule has 0 radical (unpaired) electrons. The van der Waals surface area contributed by atoms with Crippen molar-refractivity contribution in [2.45, 2.75) is 17.7 Å². The van der Waals surface area contributed by atoms with Crippen molar-refractivity contribution in [3.63, 3.8) is 0 Å². The maximum Gasteiger partial charge on any atom is 0.252 e. The standard InChI is InChI=1S/C19H16Cl2N2O3S2/c20-13-7-4-8-14(18(13)21)23-15-10-28(25,26)11-16(15)27-19(23)22-17(24)9-12-5-2-1-3-6-12/h1-8,15-16H,9-11H2. The van der Waals surface area contributed by atoms with E-state index < -0.39 is 9.84 Å². The van der Waals surface area contributed by atoms with Gasteiger partial charge in [-0.2, -0.15) is 4.99 Å². The molecule has 2 aromatic carbocycles. The Bertz CT molecular complexity index is 1060. The number of halogens is 2. The minimum absolute atomic E-state index is 0.000591. The summed E-state index contributed by atoms with van der Waals surface area (Å²) in [5, 5.41) is 0.958. The van der Waals surface area contributed by atoms with Crippen molar-refractivity contribution in [2.75, 3.05) is 16.4 Å². The zero-order valence-corrected chi connectivity index (χ0v) is 17.7. The fraction of sp³-hybridized carbons (Fsp3) is 0.263. The summed E-state index contributed by atoms with van der Waals surface area (Å²) in [6, 6.07) is 14.2. The number of amidine groups is 1. The van der Waals surface area contributed by atoms with Crippen LogP contribution < -0.4 is 4.90 Å². The third-order valence-electron chi connectivity index (χ3n) is 4.68. The lowest BCUT2D eigenvalue weighted by Crippen LogP contribution is -2.38. The molecule has 0 aromatic heterocycles. The molecule has 2 aliphatic heterocycles. The maximum absolute atomic E-state index is 12.5. The number of hydrogen-bond donors (Lipinski definition) is 0. The number of sulfone groups is 1. The fourth-order valence-corrected chi connectivity index (χ4v) is 7.75. The van der Waals surface area contributed by atoms with Crippen molar-refractivity contribution < 1.29 is 13.2 Å². The largest absolute Gasteiger partial charge is 0.314 e. The van der Waals surface area contributed by atoms with E-state index in [4.69, 9.17) is 23.2 Å². The van der Waals surface area contributed by atoms with Gasteiger partial charge in [-0.05, 0) is 17.7 Å². The van der Waals surface area contributed by atoms with E-state index in [1.165, 1.54) is 11.8 Å². The lowest BCUT2D eigenvalue weighted by molar-refractivity contribution is -0.117. The Labute approximate surface area is 177 Å². The summed E-state index contributed by atoms with van der Waals surface area (Å²) in [6.45, 7) is 0.